The molecule has 0 radical (unpaired) electrons. The third-order valence-electron chi connectivity index (χ3n) is 1.90. The van der Waals surface area contributed by atoms with Crippen LogP contribution < -0.4 is 9.88 Å². The van der Waals surface area contributed by atoms with E-state index >= 15 is 0 Å². The van der Waals surface area contributed by atoms with Crippen LogP contribution in [0, 0.1) is 0 Å². The van der Waals surface area contributed by atoms with E-state index in [0.29, 0.717) is 12.4 Å². The van der Waals surface area contributed by atoms with Crippen LogP contribution in [0.4, 0.5) is 0 Å². The summed E-state index contributed by atoms with van der Waals surface area (Å²) in [5.41, 5.74) is 0. The van der Waals surface area contributed by atoms with Gasteiger partial charge in [0.2, 0.25) is 10.0 Å². The number of benzene rings is 1. The number of hydrogen-bond acceptors (Lipinski definition) is 3. The van der Waals surface area contributed by atoms with Gasteiger partial charge in [-0.25, -0.2) is 13.6 Å². The number of nitrogens with two attached hydrogens (primary N) is 1. The molecule has 0 aliphatic rings. The smallest absolute Gasteiger partial charge is 0.238 e. The fourth-order valence-corrected chi connectivity index (χ4v) is 1.62. The Morgan fingerprint density at radius 2 is 2.13 bits per heavy atom. The van der Waals surface area contributed by atoms with Gasteiger partial charge in [-0.2, -0.15) is 0 Å². The maximum atomic E-state index is 11.0. The Hall–Kier alpha value is -1.07. The Balaban J connectivity index is 2.75. The van der Waals surface area contributed by atoms with Crippen LogP contribution in [0.1, 0.15) is 19.8 Å². The third-order valence-corrected chi connectivity index (χ3v) is 2.81. The molecule has 1 aromatic rings. The Morgan fingerprint density at radius 3 is 2.73 bits per heavy atom. The molecule has 0 spiro atoms. The van der Waals surface area contributed by atoms with E-state index in [1.807, 2.05) is 0 Å². The highest BCUT2D eigenvalue weighted by atomic mass is 32.2. The average Bonchev–Trinajstić information content (AvgIpc) is 2.17. The lowest BCUT2D eigenvalue weighted by Crippen LogP contribution is -2.12. The summed E-state index contributed by atoms with van der Waals surface area (Å²) in [7, 11) is -3.64. The Bertz CT molecular complexity index is 414. The number of ether oxygens (including phenoxy) is 1. The summed E-state index contributed by atoms with van der Waals surface area (Å²) in [6.45, 7) is 2.65. The highest BCUT2D eigenvalue weighted by molar-refractivity contribution is 7.89. The molecule has 84 valence electrons. The minimum absolute atomic E-state index is 0.0801. The number of unbranched alkanes of at least 4 members (excludes halogenated alkanes) is 1. The van der Waals surface area contributed by atoms with Crippen LogP contribution in [-0.2, 0) is 10.0 Å². The van der Waals surface area contributed by atoms with E-state index in [1.54, 1.807) is 12.1 Å². The summed E-state index contributed by atoms with van der Waals surface area (Å²) < 4.78 is 27.4. The maximum Gasteiger partial charge on any atom is 0.238 e. The van der Waals surface area contributed by atoms with Crippen molar-refractivity contribution < 1.29 is 13.2 Å². The average molecular weight is 229 g/mol. The molecule has 0 unspecified atom stereocenters. The van der Waals surface area contributed by atoms with E-state index < -0.39 is 10.0 Å². The summed E-state index contributed by atoms with van der Waals surface area (Å²) in [5.74, 6) is 0.537. The zero-order valence-electron chi connectivity index (χ0n) is 8.64. The number of sulfonamides is 1. The topological polar surface area (TPSA) is 69.4 Å². The highest BCUT2D eigenvalue weighted by Gasteiger charge is 2.07. The van der Waals surface area contributed by atoms with E-state index in [1.165, 1.54) is 12.1 Å². The first kappa shape index (κ1) is 12.0. The third kappa shape index (κ3) is 3.89. The zero-order chi connectivity index (χ0) is 11.3. The second kappa shape index (κ2) is 5.14. The molecule has 0 heterocycles. The summed E-state index contributed by atoms with van der Waals surface area (Å²) in [6.07, 6.45) is 1.98. The van der Waals surface area contributed by atoms with Crippen LogP contribution >= 0.6 is 0 Å². The van der Waals surface area contributed by atoms with Crippen LogP contribution in [0.5, 0.6) is 5.75 Å². The molecule has 0 saturated heterocycles. The fraction of sp³-hybridized carbons (Fsp3) is 0.400. The van der Waals surface area contributed by atoms with Crippen molar-refractivity contribution in [3.63, 3.8) is 0 Å². The molecule has 5 heteroatoms. The van der Waals surface area contributed by atoms with Gasteiger partial charge in [-0.3, -0.25) is 0 Å². The Morgan fingerprint density at radius 1 is 1.40 bits per heavy atom. The summed E-state index contributed by atoms with van der Waals surface area (Å²) >= 11 is 0. The highest BCUT2D eigenvalue weighted by Crippen LogP contribution is 2.16. The van der Waals surface area contributed by atoms with Crippen molar-refractivity contribution in [2.75, 3.05) is 6.61 Å². The summed E-state index contributed by atoms with van der Waals surface area (Å²) in [4.78, 5) is 0.0801. The molecule has 15 heavy (non-hydrogen) atoms. The molecule has 1 rings (SSSR count). The lowest BCUT2D eigenvalue weighted by Gasteiger charge is -2.06. The lowest BCUT2D eigenvalue weighted by atomic mass is 10.3. The van der Waals surface area contributed by atoms with Crippen molar-refractivity contribution in [2.45, 2.75) is 24.7 Å². The summed E-state index contributed by atoms with van der Waals surface area (Å²) in [6, 6.07) is 6.21. The first-order chi connectivity index (χ1) is 7.04. The van der Waals surface area contributed by atoms with Crippen molar-refractivity contribution >= 4 is 10.0 Å². The molecule has 4 nitrogen and oxygen atoms in total. The predicted octanol–water partition coefficient (Wildman–Crippen LogP) is 1.51. The molecular formula is C10H15NO3S. The Labute approximate surface area is 90.1 Å². The summed E-state index contributed by atoms with van der Waals surface area (Å²) in [5, 5.41) is 5.00. The van der Waals surface area contributed by atoms with E-state index in [-0.39, 0.29) is 4.90 Å². The molecule has 2 N–H and O–H groups in total. The molecular weight excluding hydrogens is 214 g/mol. The van der Waals surface area contributed by atoms with Gasteiger partial charge in [0, 0.05) is 6.07 Å². The SMILES string of the molecule is CCCCOc1cccc(S(N)(=O)=O)c1. The number of hydrogen-bond donors (Lipinski definition) is 1. The molecule has 0 aromatic heterocycles. The van der Waals surface area contributed by atoms with Crippen molar-refractivity contribution in [3.8, 4) is 5.75 Å². The van der Waals surface area contributed by atoms with Crippen LogP contribution in [-0.4, -0.2) is 15.0 Å². The van der Waals surface area contributed by atoms with Crippen LogP contribution in [0.25, 0.3) is 0 Å². The second-order valence-electron chi connectivity index (χ2n) is 3.22. The molecule has 0 fully saturated rings. The number of primary sulfonamides is 1. The minimum Gasteiger partial charge on any atom is -0.494 e. The minimum atomic E-state index is -3.64. The van der Waals surface area contributed by atoms with Crippen LogP contribution in [0.15, 0.2) is 29.2 Å². The first-order valence-corrected chi connectivity index (χ1v) is 6.34. The first-order valence-electron chi connectivity index (χ1n) is 4.79. The van der Waals surface area contributed by atoms with Crippen molar-refractivity contribution in [2.24, 2.45) is 5.14 Å². The predicted molar refractivity (Wildman–Crippen MR) is 58.2 cm³/mol. The van der Waals surface area contributed by atoms with Crippen LogP contribution in [0.3, 0.4) is 0 Å². The molecule has 0 bridgehead atoms. The molecule has 0 aliphatic carbocycles. The molecule has 1 aromatic carbocycles. The van der Waals surface area contributed by atoms with E-state index in [0.717, 1.165) is 12.8 Å². The fourth-order valence-electron chi connectivity index (χ4n) is 1.08. The normalized spacial score (nSPS) is 11.3. The van der Waals surface area contributed by atoms with Gasteiger partial charge in [-0.1, -0.05) is 19.4 Å². The van der Waals surface area contributed by atoms with Gasteiger partial charge >= 0.3 is 0 Å². The molecule has 0 saturated carbocycles. The van der Waals surface area contributed by atoms with E-state index in [4.69, 9.17) is 9.88 Å². The standard InChI is InChI=1S/C10H15NO3S/c1-2-3-7-14-9-5-4-6-10(8-9)15(11,12)13/h4-6,8H,2-3,7H2,1H3,(H2,11,12,13). The maximum absolute atomic E-state index is 11.0. The molecule has 0 atom stereocenters. The van der Waals surface area contributed by atoms with Crippen molar-refractivity contribution in [1.82, 2.24) is 0 Å². The van der Waals surface area contributed by atoms with Gasteiger partial charge < -0.3 is 4.74 Å². The van der Waals surface area contributed by atoms with Crippen molar-refractivity contribution in [1.29, 1.82) is 0 Å². The van der Waals surface area contributed by atoms with Gasteiger partial charge in [0.25, 0.3) is 0 Å². The largest absolute Gasteiger partial charge is 0.494 e. The van der Waals surface area contributed by atoms with Crippen molar-refractivity contribution in [3.05, 3.63) is 24.3 Å². The lowest BCUT2D eigenvalue weighted by molar-refractivity contribution is 0.308. The van der Waals surface area contributed by atoms with Gasteiger partial charge in [-0.05, 0) is 18.6 Å². The Kier molecular flexibility index (Phi) is 4.11. The second-order valence-corrected chi connectivity index (χ2v) is 4.78. The van der Waals surface area contributed by atoms with E-state index in [2.05, 4.69) is 6.92 Å². The van der Waals surface area contributed by atoms with Gasteiger partial charge in [0.05, 0.1) is 11.5 Å². The van der Waals surface area contributed by atoms with Gasteiger partial charge in [0.1, 0.15) is 5.75 Å². The molecule has 0 aliphatic heterocycles. The van der Waals surface area contributed by atoms with Gasteiger partial charge in [0.15, 0.2) is 0 Å². The van der Waals surface area contributed by atoms with E-state index in [9.17, 15) is 8.42 Å². The molecule has 0 amide bonds. The zero-order valence-corrected chi connectivity index (χ0v) is 9.46. The van der Waals surface area contributed by atoms with Crippen LogP contribution in [0.2, 0.25) is 0 Å². The van der Waals surface area contributed by atoms with Gasteiger partial charge in [-0.15, -0.1) is 0 Å². The monoisotopic (exact) mass is 229 g/mol. The number of rotatable bonds is 5. The quantitative estimate of drug-likeness (QED) is 0.778.